The molecule has 1 fully saturated rings. The Hall–Kier alpha value is -0.280. The Morgan fingerprint density at radius 1 is 1.40 bits per heavy atom. The standard InChI is InChI=1S/C4H9N.C2H4O2.ClH/c1-2-4-5-3-1;1-2(3)4;/h5H,1-4H2;1H3,(H,3,4);1H. The van der Waals surface area contributed by atoms with Crippen LogP contribution in [-0.2, 0) is 4.79 Å². The summed E-state index contributed by atoms with van der Waals surface area (Å²) in [5, 5.41) is 10.6. The Balaban J connectivity index is 0. The highest BCUT2D eigenvalue weighted by atomic mass is 35.5. The van der Waals surface area contributed by atoms with E-state index in [0.29, 0.717) is 0 Å². The third-order valence-corrected chi connectivity index (χ3v) is 0.957. The van der Waals surface area contributed by atoms with Crippen LogP contribution in [0.1, 0.15) is 19.8 Å². The second kappa shape index (κ2) is 8.72. The van der Waals surface area contributed by atoms with Crippen molar-refractivity contribution in [2.45, 2.75) is 19.8 Å². The molecule has 0 aromatic rings. The second-order valence-corrected chi connectivity index (χ2v) is 1.98. The van der Waals surface area contributed by atoms with E-state index >= 15 is 0 Å². The van der Waals surface area contributed by atoms with E-state index in [0.717, 1.165) is 6.92 Å². The van der Waals surface area contributed by atoms with E-state index < -0.39 is 5.97 Å². The Labute approximate surface area is 67.2 Å². The quantitative estimate of drug-likeness (QED) is 0.563. The van der Waals surface area contributed by atoms with Crippen LogP contribution < -0.4 is 5.32 Å². The largest absolute Gasteiger partial charge is 0.481 e. The molecule has 0 radical (unpaired) electrons. The maximum absolute atomic E-state index is 9.00. The van der Waals surface area contributed by atoms with Gasteiger partial charge in [0.05, 0.1) is 0 Å². The Morgan fingerprint density at radius 2 is 1.70 bits per heavy atom. The van der Waals surface area contributed by atoms with Crippen LogP contribution in [0.4, 0.5) is 0 Å². The molecule has 0 aliphatic carbocycles. The Bertz CT molecular complexity index is 72.2. The molecular weight excluding hydrogens is 154 g/mol. The zero-order valence-corrected chi connectivity index (χ0v) is 6.91. The lowest BCUT2D eigenvalue weighted by atomic mass is 10.4. The lowest BCUT2D eigenvalue weighted by Crippen LogP contribution is -2.03. The van der Waals surface area contributed by atoms with Crippen molar-refractivity contribution in [1.29, 1.82) is 0 Å². The fourth-order valence-corrected chi connectivity index (χ4v) is 0.625. The average molecular weight is 168 g/mol. The number of carboxylic acid groups (broad SMARTS) is 1. The normalized spacial score (nSPS) is 14.5. The van der Waals surface area contributed by atoms with Gasteiger partial charge in [0.15, 0.2) is 0 Å². The molecule has 0 atom stereocenters. The van der Waals surface area contributed by atoms with Crippen LogP contribution >= 0.6 is 12.4 Å². The summed E-state index contributed by atoms with van der Waals surface area (Å²) in [5.41, 5.74) is 0. The highest BCUT2D eigenvalue weighted by Crippen LogP contribution is 1.90. The van der Waals surface area contributed by atoms with Gasteiger partial charge in [-0.05, 0) is 25.9 Å². The first-order chi connectivity index (χ1) is 4.23. The van der Waals surface area contributed by atoms with Crippen molar-refractivity contribution in [2.24, 2.45) is 0 Å². The lowest BCUT2D eigenvalue weighted by molar-refractivity contribution is -0.134. The molecule has 62 valence electrons. The smallest absolute Gasteiger partial charge is 0.300 e. The van der Waals surface area contributed by atoms with E-state index in [9.17, 15) is 0 Å². The molecule has 10 heavy (non-hydrogen) atoms. The number of carbonyl (C=O) groups is 1. The second-order valence-electron chi connectivity index (χ2n) is 1.98. The Morgan fingerprint density at radius 3 is 1.80 bits per heavy atom. The third kappa shape index (κ3) is 15.6. The predicted octanol–water partition coefficient (Wildman–Crippen LogP) is 0.882. The number of hydrogen-bond acceptors (Lipinski definition) is 2. The van der Waals surface area contributed by atoms with E-state index in [2.05, 4.69) is 5.32 Å². The van der Waals surface area contributed by atoms with Gasteiger partial charge in [-0.3, -0.25) is 4.79 Å². The van der Waals surface area contributed by atoms with E-state index in [1.54, 1.807) is 0 Å². The highest BCUT2D eigenvalue weighted by molar-refractivity contribution is 5.85. The molecule has 1 aliphatic heterocycles. The first-order valence-corrected chi connectivity index (χ1v) is 3.13. The zero-order valence-electron chi connectivity index (χ0n) is 6.09. The SMILES string of the molecule is C1CCNC1.CC(=O)O.Cl. The van der Waals surface area contributed by atoms with Crippen LogP contribution in [0.5, 0.6) is 0 Å². The van der Waals surface area contributed by atoms with Crippen molar-refractivity contribution in [3.63, 3.8) is 0 Å². The summed E-state index contributed by atoms with van der Waals surface area (Å²) in [5.74, 6) is -0.833. The maximum Gasteiger partial charge on any atom is 0.300 e. The summed E-state index contributed by atoms with van der Waals surface area (Å²) in [6.45, 7) is 3.58. The van der Waals surface area contributed by atoms with Crippen molar-refractivity contribution in [2.75, 3.05) is 13.1 Å². The summed E-state index contributed by atoms with van der Waals surface area (Å²) in [6, 6.07) is 0. The summed E-state index contributed by atoms with van der Waals surface area (Å²) >= 11 is 0. The summed E-state index contributed by atoms with van der Waals surface area (Å²) < 4.78 is 0. The van der Waals surface area contributed by atoms with Crippen LogP contribution in [0.2, 0.25) is 0 Å². The molecule has 1 rings (SSSR count). The van der Waals surface area contributed by atoms with Gasteiger partial charge in [-0.2, -0.15) is 0 Å². The molecule has 0 aromatic carbocycles. The van der Waals surface area contributed by atoms with Gasteiger partial charge in [0.1, 0.15) is 0 Å². The van der Waals surface area contributed by atoms with Crippen LogP contribution in [0, 0.1) is 0 Å². The number of aliphatic carboxylic acids is 1. The summed E-state index contributed by atoms with van der Waals surface area (Å²) in [7, 11) is 0. The molecule has 2 N–H and O–H groups in total. The van der Waals surface area contributed by atoms with E-state index in [1.165, 1.54) is 25.9 Å². The monoisotopic (exact) mass is 167 g/mol. The molecular formula is C6H14ClNO2. The highest BCUT2D eigenvalue weighted by Gasteiger charge is 1.93. The average Bonchev–Trinajstić information content (AvgIpc) is 2.11. The molecule has 0 amide bonds. The van der Waals surface area contributed by atoms with Crippen molar-refractivity contribution in [3.8, 4) is 0 Å². The molecule has 1 aliphatic rings. The molecule has 0 spiro atoms. The molecule has 1 heterocycles. The summed E-state index contributed by atoms with van der Waals surface area (Å²) in [4.78, 5) is 9.00. The number of nitrogens with one attached hydrogen (secondary N) is 1. The van der Waals surface area contributed by atoms with Crippen molar-refractivity contribution in [1.82, 2.24) is 5.32 Å². The van der Waals surface area contributed by atoms with Crippen molar-refractivity contribution >= 4 is 18.4 Å². The molecule has 0 saturated carbocycles. The minimum absolute atomic E-state index is 0. The fourth-order valence-electron chi connectivity index (χ4n) is 0.625. The number of hydrogen-bond donors (Lipinski definition) is 2. The Kier molecular flexibility index (Phi) is 10.8. The number of halogens is 1. The van der Waals surface area contributed by atoms with Gasteiger partial charge in [0.2, 0.25) is 0 Å². The van der Waals surface area contributed by atoms with E-state index in [4.69, 9.17) is 9.90 Å². The van der Waals surface area contributed by atoms with Crippen molar-refractivity contribution < 1.29 is 9.90 Å². The van der Waals surface area contributed by atoms with Gasteiger partial charge >= 0.3 is 0 Å². The first kappa shape index (κ1) is 12.4. The molecule has 0 unspecified atom stereocenters. The topological polar surface area (TPSA) is 49.3 Å². The van der Waals surface area contributed by atoms with E-state index in [1.807, 2.05) is 0 Å². The minimum Gasteiger partial charge on any atom is -0.481 e. The fraction of sp³-hybridized carbons (Fsp3) is 0.833. The van der Waals surface area contributed by atoms with Gasteiger partial charge in [0.25, 0.3) is 5.97 Å². The van der Waals surface area contributed by atoms with Crippen LogP contribution in [0.15, 0.2) is 0 Å². The van der Waals surface area contributed by atoms with Gasteiger partial charge in [0, 0.05) is 6.92 Å². The first-order valence-electron chi connectivity index (χ1n) is 3.13. The number of carboxylic acids is 1. The van der Waals surface area contributed by atoms with Gasteiger partial charge in [-0.15, -0.1) is 12.4 Å². The molecule has 3 nitrogen and oxygen atoms in total. The molecule has 4 heteroatoms. The van der Waals surface area contributed by atoms with Gasteiger partial charge in [-0.25, -0.2) is 0 Å². The molecule has 0 aromatic heterocycles. The van der Waals surface area contributed by atoms with Crippen LogP contribution in [-0.4, -0.2) is 24.2 Å². The summed E-state index contributed by atoms with van der Waals surface area (Å²) in [6.07, 6.45) is 2.78. The molecule has 1 saturated heterocycles. The van der Waals surface area contributed by atoms with Crippen molar-refractivity contribution in [3.05, 3.63) is 0 Å². The zero-order chi connectivity index (χ0) is 7.11. The number of rotatable bonds is 0. The van der Waals surface area contributed by atoms with Gasteiger partial charge < -0.3 is 10.4 Å². The third-order valence-electron chi connectivity index (χ3n) is 0.957. The maximum atomic E-state index is 9.00. The predicted molar refractivity (Wildman–Crippen MR) is 42.7 cm³/mol. The lowest BCUT2D eigenvalue weighted by Gasteiger charge is -1.76. The molecule has 0 bridgehead atoms. The van der Waals surface area contributed by atoms with Gasteiger partial charge in [-0.1, -0.05) is 0 Å². The van der Waals surface area contributed by atoms with Crippen LogP contribution in [0.25, 0.3) is 0 Å². The minimum atomic E-state index is -0.833. The van der Waals surface area contributed by atoms with Crippen LogP contribution in [0.3, 0.4) is 0 Å². The van der Waals surface area contributed by atoms with E-state index in [-0.39, 0.29) is 12.4 Å².